The SMILES string of the molecule is c1ccc(N(c2ccc3ccncc3c2)c2ccc3c4c(cccc24)-c2ccccc2-3)cc1. The van der Waals surface area contributed by atoms with E-state index in [1.807, 2.05) is 12.4 Å². The zero-order chi connectivity index (χ0) is 21.8. The summed E-state index contributed by atoms with van der Waals surface area (Å²) in [7, 11) is 0. The smallest absolute Gasteiger partial charge is 0.0540 e. The van der Waals surface area contributed by atoms with Crippen LogP contribution in [0.1, 0.15) is 0 Å². The lowest BCUT2D eigenvalue weighted by Gasteiger charge is -2.27. The molecule has 6 aromatic rings. The molecule has 0 bridgehead atoms. The van der Waals surface area contributed by atoms with Gasteiger partial charge in [0.15, 0.2) is 0 Å². The second-order valence-electron chi connectivity index (χ2n) is 8.48. The number of para-hydroxylation sites is 1. The zero-order valence-corrected chi connectivity index (χ0v) is 17.9. The summed E-state index contributed by atoms with van der Waals surface area (Å²) in [4.78, 5) is 6.70. The fourth-order valence-electron chi connectivity index (χ4n) is 5.20. The third-order valence-corrected chi connectivity index (χ3v) is 6.66. The molecule has 154 valence electrons. The number of hydrogen-bond acceptors (Lipinski definition) is 2. The quantitative estimate of drug-likeness (QED) is 0.285. The van der Waals surface area contributed by atoms with Crippen molar-refractivity contribution in [3.05, 3.63) is 122 Å². The summed E-state index contributed by atoms with van der Waals surface area (Å²) in [6, 6.07) is 39.2. The number of rotatable bonds is 3. The van der Waals surface area contributed by atoms with E-state index in [1.165, 1.54) is 44.1 Å². The Balaban J connectivity index is 1.52. The molecule has 1 aliphatic rings. The molecule has 0 radical (unpaired) electrons. The predicted octanol–water partition coefficient (Wildman–Crippen LogP) is 8.51. The van der Waals surface area contributed by atoms with Crippen LogP contribution in [0.2, 0.25) is 0 Å². The Morgan fingerprint density at radius 2 is 1.27 bits per heavy atom. The van der Waals surface area contributed by atoms with Gasteiger partial charge in [-0.1, -0.05) is 72.8 Å². The average molecular weight is 421 g/mol. The van der Waals surface area contributed by atoms with Crippen LogP contribution in [-0.4, -0.2) is 4.98 Å². The molecule has 7 rings (SSSR count). The lowest BCUT2D eigenvalue weighted by molar-refractivity contribution is 1.30. The number of nitrogens with zero attached hydrogens (tertiary/aromatic N) is 2. The largest absolute Gasteiger partial charge is 0.310 e. The lowest BCUT2D eigenvalue weighted by Crippen LogP contribution is -2.10. The summed E-state index contributed by atoms with van der Waals surface area (Å²) < 4.78 is 0. The molecule has 33 heavy (non-hydrogen) atoms. The van der Waals surface area contributed by atoms with E-state index < -0.39 is 0 Å². The molecule has 1 heterocycles. The highest BCUT2D eigenvalue weighted by Crippen LogP contribution is 2.50. The third-order valence-electron chi connectivity index (χ3n) is 6.66. The first-order valence-corrected chi connectivity index (χ1v) is 11.2. The van der Waals surface area contributed by atoms with E-state index in [4.69, 9.17) is 0 Å². The fraction of sp³-hybridized carbons (Fsp3) is 0. The van der Waals surface area contributed by atoms with Crippen LogP contribution >= 0.6 is 0 Å². The van der Waals surface area contributed by atoms with Gasteiger partial charge in [-0.2, -0.15) is 0 Å². The molecule has 0 spiro atoms. The first kappa shape index (κ1) is 18.2. The first-order chi connectivity index (χ1) is 16.4. The maximum absolute atomic E-state index is 4.34. The maximum Gasteiger partial charge on any atom is 0.0540 e. The van der Waals surface area contributed by atoms with Crippen LogP contribution in [0.15, 0.2) is 122 Å². The number of anilines is 3. The Morgan fingerprint density at radius 1 is 0.515 bits per heavy atom. The molecule has 0 N–H and O–H groups in total. The number of fused-ring (bicyclic) bond motifs is 4. The predicted molar refractivity (Wildman–Crippen MR) is 138 cm³/mol. The molecule has 1 aromatic heterocycles. The van der Waals surface area contributed by atoms with Crippen molar-refractivity contribution in [2.24, 2.45) is 0 Å². The zero-order valence-electron chi connectivity index (χ0n) is 17.9. The topological polar surface area (TPSA) is 16.1 Å². The van der Waals surface area contributed by atoms with E-state index >= 15 is 0 Å². The molecule has 0 unspecified atom stereocenters. The van der Waals surface area contributed by atoms with Gasteiger partial charge in [-0.3, -0.25) is 4.98 Å². The van der Waals surface area contributed by atoms with E-state index in [0.717, 1.165) is 16.8 Å². The van der Waals surface area contributed by atoms with Crippen molar-refractivity contribution < 1.29 is 0 Å². The van der Waals surface area contributed by atoms with Crippen molar-refractivity contribution in [3.8, 4) is 22.3 Å². The highest BCUT2D eigenvalue weighted by Gasteiger charge is 2.24. The molecule has 0 amide bonds. The monoisotopic (exact) mass is 420 g/mol. The van der Waals surface area contributed by atoms with Gasteiger partial charge in [0, 0.05) is 34.5 Å². The maximum atomic E-state index is 4.34. The van der Waals surface area contributed by atoms with Gasteiger partial charge in [-0.25, -0.2) is 0 Å². The number of aromatic nitrogens is 1. The van der Waals surface area contributed by atoms with Crippen molar-refractivity contribution >= 4 is 38.6 Å². The van der Waals surface area contributed by atoms with Gasteiger partial charge in [0.25, 0.3) is 0 Å². The summed E-state index contributed by atoms with van der Waals surface area (Å²) in [6.07, 6.45) is 3.78. The molecular weight excluding hydrogens is 400 g/mol. The summed E-state index contributed by atoms with van der Waals surface area (Å²) in [5, 5.41) is 4.92. The Morgan fingerprint density at radius 3 is 2.12 bits per heavy atom. The van der Waals surface area contributed by atoms with E-state index in [2.05, 4.69) is 119 Å². The van der Waals surface area contributed by atoms with E-state index in [0.29, 0.717) is 0 Å². The molecule has 2 heteroatoms. The minimum atomic E-state index is 1.12. The van der Waals surface area contributed by atoms with Crippen LogP contribution in [0.25, 0.3) is 43.8 Å². The summed E-state index contributed by atoms with van der Waals surface area (Å²) in [6.45, 7) is 0. The van der Waals surface area contributed by atoms with Gasteiger partial charge in [0.05, 0.1) is 5.69 Å². The van der Waals surface area contributed by atoms with Crippen LogP contribution < -0.4 is 4.90 Å². The van der Waals surface area contributed by atoms with Crippen molar-refractivity contribution in [2.45, 2.75) is 0 Å². The Labute approximate surface area is 192 Å². The third kappa shape index (κ3) is 2.71. The van der Waals surface area contributed by atoms with Gasteiger partial charge < -0.3 is 4.90 Å². The fourth-order valence-corrected chi connectivity index (χ4v) is 5.20. The molecule has 0 aliphatic heterocycles. The van der Waals surface area contributed by atoms with Gasteiger partial charge in [-0.15, -0.1) is 0 Å². The van der Waals surface area contributed by atoms with Crippen molar-refractivity contribution in [2.75, 3.05) is 4.90 Å². The molecular formula is C31H20N2. The first-order valence-electron chi connectivity index (χ1n) is 11.2. The van der Waals surface area contributed by atoms with Gasteiger partial charge in [-0.05, 0) is 69.4 Å². The Kier molecular flexibility index (Phi) is 3.88. The van der Waals surface area contributed by atoms with Crippen molar-refractivity contribution in [3.63, 3.8) is 0 Å². The van der Waals surface area contributed by atoms with Crippen LogP contribution in [0.5, 0.6) is 0 Å². The lowest BCUT2D eigenvalue weighted by atomic mass is 10.00. The molecule has 0 atom stereocenters. The van der Waals surface area contributed by atoms with E-state index in [-0.39, 0.29) is 0 Å². The second-order valence-corrected chi connectivity index (χ2v) is 8.48. The summed E-state index contributed by atoms with van der Waals surface area (Å²) in [5.41, 5.74) is 8.70. The molecule has 0 fully saturated rings. The van der Waals surface area contributed by atoms with Crippen molar-refractivity contribution in [1.82, 2.24) is 4.98 Å². The van der Waals surface area contributed by atoms with Gasteiger partial charge >= 0.3 is 0 Å². The molecule has 0 saturated heterocycles. The van der Waals surface area contributed by atoms with Crippen LogP contribution in [0.3, 0.4) is 0 Å². The number of benzene rings is 5. The van der Waals surface area contributed by atoms with Crippen LogP contribution in [0, 0.1) is 0 Å². The molecule has 5 aromatic carbocycles. The number of hydrogen-bond donors (Lipinski definition) is 0. The van der Waals surface area contributed by atoms with Crippen LogP contribution in [0.4, 0.5) is 17.1 Å². The molecule has 0 saturated carbocycles. The van der Waals surface area contributed by atoms with E-state index in [9.17, 15) is 0 Å². The highest BCUT2D eigenvalue weighted by molar-refractivity contribution is 6.19. The highest BCUT2D eigenvalue weighted by atomic mass is 15.1. The Hall–Kier alpha value is -4.43. The van der Waals surface area contributed by atoms with Gasteiger partial charge in [0.1, 0.15) is 0 Å². The molecule has 2 nitrogen and oxygen atoms in total. The normalized spacial score (nSPS) is 11.6. The summed E-state index contributed by atoms with van der Waals surface area (Å²) >= 11 is 0. The summed E-state index contributed by atoms with van der Waals surface area (Å²) in [5.74, 6) is 0. The van der Waals surface area contributed by atoms with E-state index in [1.54, 1.807) is 0 Å². The average Bonchev–Trinajstić information content (AvgIpc) is 3.21. The van der Waals surface area contributed by atoms with Crippen molar-refractivity contribution in [1.29, 1.82) is 0 Å². The standard InChI is InChI=1S/C31H20N2/c1-2-7-23(8-3-1)33(24-14-13-21-17-18-32-20-22(21)19-24)30-16-15-28-26-10-5-4-9-25(26)27-11-6-12-29(30)31(27)28/h1-20H. The Bertz CT molecular complexity index is 1640. The second kappa shape index (κ2) is 7.04. The number of pyridine rings is 1. The molecule has 1 aliphatic carbocycles. The minimum absolute atomic E-state index is 1.12. The van der Waals surface area contributed by atoms with Gasteiger partial charge in [0.2, 0.25) is 0 Å². The minimum Gasteiger partial charge on any atom is -0.310 e. The van der Waals surface area contributed by atoms with Crippen LogP contribution in [-0.2, 0) is 0 Å².